The molecule has 0 atom stereocenters. The summed E-state index contributed by atoms with van der Waals surface area (Å²) in [6, 6.07) is 6.06. The number of nitriles is 1. The number of amides is 1. The zero-order valence-electron chi connectivity index (χ0n) is 11.4. The zero-order valence-corrected chi connectivity index (χ0v) is 11.4. The van der Waals surface area contributed by atoms with Gasteiger partial charge in [-0.1, -0.05) is 19.9 Å². The number of rotatable bonds is 4. The molecular formula is C15H19N3O. The Hall–Kier alpha value is -1.89. The highest BCUT2D eigenvalue weighted by Crippen LogP contribution is 2.40. The van der Waals surface area contributed by atoms with Crippen LogP contribution in [0.3, 0.4) is 0 Å². The normalized spacial score (nSPS) is 17.1. The zero-order chi connectivity index (χ0) is 13.9. The molecule has 19 heavy (non-hydrogen) atoms. The molecule has 2 rings (SSSR count). The van der Waals surface area contributed by atoms with Crippen LogP contribution in [0.1, 0.15) is 38.7 Å². The van der Waals surface area contributed by atoms with Crippen molar-refractivity contribution in [1.29, 1.82) is 5.26 Å². The van der Waals surface area contributed by atoms with E-state index in [0.717, 1.165) is 12.0 Å². The molecule has 0 aromatic carbocycles. The molecule has 100 valence electrons. The van der Waals surface area contributed by atoms with Gasteiger partial charge in [0.25, 0.3) is 0 Å². The van der Waals surface area contributed by atoms with Crippen LogP contribution in [-0.4, -0.2) is 17.4 Å². The first-order chi connectivity index (χ1) is 9.00. The minimum Gasteiger partial charge on any atom is -0.354 e. The summed E-state index contributed by atoms with van der Waals surface area (Å²) in [6.07, 6.45) is 5.88. The molecule has 4 heteroatoms. The number of nitrogens with one attached hydrogen (secondary N) is 1. The number of aromatic nitrogens is 1. The average molecular weight is 257 g/mol. The summed E-state index contributed by atoms with van der Waals surface area (Å²) in [6.45, 7) is 4.63. The summed E-state index contributed by atoms with van der Waals surface area (Å²) >= 11 is 0. The fraction of sp³-hybridized carbons (Fsp3) is 0.533. The molecule has 0 spiro atoms. The predicted molar refractivity (Wildman–Crippen MR) is 72.2 cm³/mol. The standard InChI is InChI=1S/C15H19N3O/c1-14(2,12-5-3-8-17-9-12)11-18-13(19)15(10-16)6-4-7-15/h3,5,8-9H,4,6-7,11H2,1-2H3,(H,18,19). The van der Waals surface area contributed by atoms with Crippen molar-refractivity contribution in [2.75, 3.05) is 6.54 Å². The fourth-order valence-electron chi connectivity index (χ4n) is 2.26. The van der Waals surface area contributed by atoms with E-state index in [1.54, 1.807) is 6.20 Å². The second-order valence-electron chi connectivity index (χ2n) is 5.86. The van der Waals surface area contributed by atoms with Crippen molar-refractivity contribution < 1.29 is 4.79 Å². The lowest BCUT2D eigenvalue weighted by Crippen LogP contribution is -2.48. The molecule has 1 saturated carbocycles. The fourth-order valence-corrected chi connectivity index (χ4v) is 2.26. The molecule has 0 unspecified atom stereocenters. The number of carbonyl (C=O) groups excluding carboxylic acids is 1. The van der Waals surface area contributed by atoms with Gasteiger partial charge in [-0.2, -0.15) is 5.26 Å². The van der Waals surface area contributed by atoms with E-state index < -0.39 is 5.41 Å². The predicted octanol–water partition coefficient (Wildman–Crippen LogP) is 2.17. The minimum absolute atomic E-state index is 0.127. The summed E-state index contributed by atoms with van der Waals surface area (Å²) in [5.74, 6) is -0.127. The Morgan fingerprint density at radius 3 is 2.79 bits per heavy atom. The second kappa shape index (κ2) is 5.00. The third-order valence-electron chi connectivity index (χ3n) is 3.99. The Labute approximate surface area is 113 Å². The minimum atomic E-state index is -0.773. The van der Waals surface area contributed by atoms with Crippen LogP contribution >= 0.6 is 0 Å². The topological polar surface area (TPSA) is 65.8 Å². The molecule has 1 aliphatic carbocycles. The molecule has 0 saturated heterocycles. The molecule has 0 radical (unpaired) electrons. The Morgan fingerprint density at radius 2 is 2.32 bits per heavy atom. The highest BCUT2D eigenvalue weighted by atomic mass is 16.2. The third kappa shape index (κ3) is 2.60. The summed E-state index contributed by atoms with van der Waals surface area (Å²) in [7, 11) is 0. The Morgan fingerprint density at radius 1 is 1.58 bits per heavy atom. The molecule has 1 fully saturated rings. The maximum atomic E-state index is 12.1. The average Bonchev–Trinajstić information content (AvgIpc) is 2.37. The van der Waals surface area contributed by atoms with Gasteiger partial charge in [0.2, 0.25) is 5.91 Å². The van der Waals surface area contributed by atoms with Crippen molar-refractivity contribution in [2.24, 2.45) is 5.41 Å². The van der Waals surface area contributed by atoms with Gasteiger partial charge in [0.15, 0.2) is 0 Å². The monoisotopic (exact) mass is 257 g/mol. The molecule has 1 amide bonds. The van der Waals surface area contributed by atoms with Crippen molar-refractivity contribution in [3.05, 3.63) is 30.1 Å². The molecule has 1 aromatic heterocycles. The van der Waals surface area contributed by atoms with Crippen molar-refractivity contribution in [2.45, 2.75) is 38.5 Å². The molecular weight excluding hydrogens is 238 g/mol. The third-order valence-corrected chi connectivity index (χ3v) is 3.99. The molecule has 1 N–H and O–H groups in total. The van der Waals surface area contributed by atoms with E-state index in [1.165, 1.54) is 0 Å². The summed E-state index contributed by atoms with van der Waals surface area (Å²) in [5, 5.41) is 12.1. The highest BCUT2D eigenvalue weighted by Gasteiger charge is 2.44. The van der Waals surface area contributed by atoms with Crippen molar-refractivity contribution in [3.8, 4) is 6.07 Å². The first kappa shape index (κ1) is 13.5. The van der Waals surface area contributed by atoms with Crippen LogP contribution < -0.4 is 5.32 Å². The number of hydrogen-bond acceptors (Lipinski definition) is 3. The van der Waals surface area contributed by atoms with Crippen molar-refractivity contribution >= 4 is 5.91 Å². The molecule has 1 aromatic rings. The first-order valence-electron chi connectivity index (χ1n) is 6.60. The van der Waals surface area contributed by atoms with Gasteiger partial charge >= 0.3 is 0 Å². The van der Waals surface area contributed by atoms with E-state index in [1.807, 2.05) is 18.3 Å². The van der Waals surface area contributed by atoms with Gasteiger partial charge in [0, 0.05) is 24.4 Å². The van der Waals surface area contributed by atoms with E-state index in [4.69, 9.17) is 5.26 Å². The van der Waals surface area contributed by atoms with Gasteiger partial charge in [0.05, 0.1) is 6.07 Å². The molecule has 0 aliphatic heterocycles. The summed E-state index contributed by atoms with van der Waals surface area (Å²) in [5.41, 5.74) is 0.116. The van der Waals surface area contributed by atoms with Crippen LogP contribution in [-0.2, 0) is 10.2 Å². The Balaban J connectivity index is 1.99. The van der Waals surface area contributed by atoms with Gasteiger partial charge in [-0.25, -0.2) is 0 Å². The quantitative estimate of drug-likeness (QED) is 0.899. The van der Waals surface area contributed by atoms with Crippen LogP contribution in [0.25, 0.3) is 0 Å². The maximum Gasteiger partial charge on any atom is 0.240 e. The highest BCUT2D eigenvalue weighted by molar-refractivity contribution is 5.86. The summed E-state index contributed by atoms with van der Waals surface area (Å²) in [4.78, 5) is 16.2. The Kier molecular flexibility index (Phi) is 3.57. The van der Waals surface area contributed by atoms with Gasteiger partial charge < -0.3 is 5.32 Å². The van der Waals surface area contributed by atoms with E-state index in [0.29, 0.717) is 19.4 Å². The van der Waals surface area contributed by atoms with Crippen LogP contribution in [0.2, 0.25) is 0 Å². The molecule has 4 nitrogen and oxygen atoms in total. The van der Waals surface area contributed by atoms with E-state index in [-0.39, 0.29) is 11.3 Å². The lowest BCUT2D eigenvalue weighted by Gasteiger charge is -2.35. The van der Waals surface area contributed by atoms with Crippen LogP contribution in [0.4, 0.5) is 0 Å². The Bertz CT molecular complexity index is 498. The number of nitrogens with zero attached hydrogens (tertiary/aromatic N) is 2. The molecule has 0 bridgehead atoms. The lowest BCUT2D eigenvalue weighted by atomic mass is 9.69. The lowest BCUT2D eigenvalue weighted by molar-refractivity contribution is -0.132. The van der Waals surface area contributed by atoms with Gasteiger partial charge in [-0.15, -0.1) is 0 Å². The number of carbonyl (C=O) groups is 1. The van der Waals surface area contributed by atoms with Crippen LogP contribution in [0.15, 0.2) is 24.5 Å². The van der Waals surface area contributed by atoms with E-state index in [2.05, 4.69) is 30.2 Å². The number of hydrogen-bond donors (Lipinski definition) is 1. The van der Waals surface area contributed by atoms with Gasteiger partial charge in [0.1, 0.15) is 5.41 Å². The van der Waals surface area contributed by atoms with Gasteiger partial charge in [-0.05, 0) is 30.9 Å². The SMILES string of the molecule is CC(C)(CNC(=O)C1(C#N)CCC1)c1cccnc1. The number of pyridine rings is 1. The van der Waals surface area contributed by atoms with Crippen molar-refractivity contribution in [1.82, 2.24) is 10.3 Å². The summed E-state index contributed by atoms with van der Waals surface area (Å²) < 4.78 is 0. The first-order valence-corrected chi connectivity index (χ1v) is 6.60. The largest absolute Gasteiger partial charge is 0.354 e. The van der Waals surface area contributed by atoms with E-state index >= 15 is 0 Å². The van der Waals surface area contributed by atoms with Crippen molar-refractivity contribution in [3.63, 3.8) is 0 Å². The molecule has 1 aliphatic rings. The molecule has 1 heterocycles. The van der Waals surface area contributed by atoms with Crippen LogP contribution in [0.5, 0.6) is 0 Å². The second-order valence-corrected chi connectivity index (χ2v) is 5.86. The smallest absolute Gasteiger partial charge is 0.240 e. The van der Waals surface area contributed by atoms with Crippen LogP contribution in [0, 0.1) is 16.7 Å². The van der Waals surface area contributed by atoms with E-state index in [9.17, 15) is 4.79 Å². The maximum absolute atomic E-state index is 12.1. The van der Waals surface area contributed by atoms with Gasteiger partial charge in [-0.3, -0.25) is 9.78 Å².